The molecule has 9 nitrogen and oxygen atoms in total. The third kappa shape index (κ3) is 4.60. The molecule has 2 saturated heterocycles. The summed E-state index contributed by atoms with van der Waals surface area (Å²) in [5.74, 6) is 3.03. The molecule has 3 aromatic rings. The number of anilines is 3. The van der Waals surface area contributed by atoms with Crippen LogP contribution in [0.15, 0.2) is 42.9 Å². The summed E-state index contributed by atoms with van der Waals surface area (Å²) >= 11 is 0. The van der Waals surface area contributed by atoms with Gasteiger partial charge in [0.1, 0.15) is 17.8 Å². The van der Waals surface area contributed by atoms with E-state index >= 15 is 0 Å². The van der Waals surface area contributed by atoms with Crippen molar-refractivity contribution in [1.82, 2.24) is 24.4 Å². The van der Waals surface area contributed by atoms with E-state index in [1.807, 2.05) is 6.07 Å². The Morgan fingerprint density at radius 1 is 0.971 bits per heavy atom. The monoisotopic (exact) mass is 472 g/mol. The molecule has 0 spiro atoms. The van der Waals surface area contributed by atoms with Crippen molar-refractivity contribution in [2.24, 2.45) is 0 Å². The molecule has 0 unspecified atom stereocenters. The number of aromatic nitrogens is 4. The van der Waals surface area contributed by atoms with E-state index < -0.39 is 0 Å². The van der Waals surface area contributed by atoms with E-state index in [-0.39, 0.29) is 12.5 Å². The Hall–Kier alpha value is -3.46. The first-order chi connectivity index (χ1) is 17.2. The zero-order chi connectivity index (χ0) is 23.6. The van der Waals surface area contributed by atoms with Crippen LogP contribution in [0.2, 0.25) is 0 Å². The zero-order valence-corrected chi connectivity index (χ0v) is 20.0. The van der Waals surface area contributed by atoms with Gasteiger partial charge in [-0.1, -0.05) is 30.3 Å². The number of carbonyl (C=O) groups is 1. The van der Waals surface area contributed by atoms with Crippen LogP contribution in [-0.4, -0.2) is 69.6 Å². The number of imidazole rings is 1. The Bertz CT molecular complexity index is 1180. The highest BCUT2D eigenvalue weighted by Gasteiger charge is 2.29. The van der Waals surface area contributed by atoms with Crippen LogP contribution in [0, 0.1) is 0 Å². The van der Waals surface area contributed by atoms with Gasteiger partial charge in [0.2, 0.25) is 5.91 Å². The maximum absolute atomic E-state index is 11.9. The highest BCUT2D eigenvalue weighted by Crippen LogP contribution is 2.36. The van der Waals surface area contributed by atoms with Crippen LogP contribution in [0.3, 0.4) is 0 Å². The predicted molar refractivity (Wildman–Crippen MR) is 137 cm³/mol. The quantitative estimate of drug-likeness (QED) is 0.569. The number of nitrogens with zero attached hydrogens (tertiary/aromatic N) is 6. The highest BCUT2D eigenvalue weighted by atomic mass is 16.2. The first-order valence-electron chi connectivity index (χ1n) is 12.7. The van der Waals surface area contributed by atoms with Crippen molar-refractivity contribution in [3.05, 3.63) is 48.7 Å². The molecule has 2 aromatic heterocycles. The lowest BCUT2D eigenvalue weighted by molar-refractivity contribution is -0.114. The summed E-state index contributed by atoms with van der Waals surface area (Å²) < 4.78 is 2.40. The molecule has 182 valence electrons. The molecule has 6 rings (SSSR count). The summed E-state index contributed by atoms with van der Waals surface area (Å²) in [7, 11) is 0. The van der Waals surface area contributed by atoms with E-state index in [1.165, 1.54) is 37.3 Å². The smallest absolute Gasteiger partial charge is 0.243 e. The number of hydrogen-bond donors (Lipinski definition) is 2. The average Bonchev–Trinajstić information content (AvgIpc) is 3.58. The number of benzene rings is 1. The Morgan fingerprint density at radius 3 is 2.57 bits per heavy atom. The minimum absolute atomic E-state index is 0.0584. The van der Waals surface area contributed by atoms with Crippen molar-refractivity contribution in [2.45, 2.75) is 38.1 Å². The zero-order valence-electron chi connectivity index (χ0n) is 20.0. The summed E-state index contributed by atoms with van der Waals surface area (Å²) in [6.07, 6.45) is 8.43. The molecule has 2 N–H and O–H groups in total. The summed E-state index contributed by atoms with van der Waals surface area (Å²) in [5.41, 5.74) is 2.92. The van der Waals surface area contributed by atoms with Crippen molar-refractivity contribution in [3.8, 4) is 11.3 Å². The van der Waals surface area contributed by atoms with E-state index in [1.54, 1.807) is 6.33 Å². The number of fused-ring (bicyclic) bond motifs is 1. The van der Waals surface area contributed by atoms with Crippen molar-refractivity contribution >= 4 is 23.2 Å². The van der Waals surface area contributed by atoms with Gasteiger partial charge in [0.25, 0.3) is 0 Å². The fraction of sp³-hybridized carbons (Fsp3) is 0.462. The number of likely N-dealkylation sites (tertiary alicyclic amines) is 1. The topological polar surface area (TPSA) is 91.2 Å². The fourth-order valence-electron chi connectivity index (χ4n) is 5.50. The van der Waals surface area contributed by atoms with Crippen LogP contribution >= 0.6 is 0 Å². The van der Waals surface area contributed by atoms with E-state index in [0.29, 0.717) is 17.4 Å². The number of piperidine rings is 1. The third-order valence-corrected chi connectivity index (χ3v) is 7.40. The van der Waals surface area contributed by atoms with Gasteiger partial charge in [-0.2, -0.15) is 0 Å². The number of rotatable bonds is 6. The van der Waals surface area contributed by atoms with E-state index in [2.05, 4.69) is 65.4 Å². The molecule has 0 atom stereocenters. The van der Waals surface area contributed by atoms with Gasteiger partial charge in [0.15, 0.2) is 11.6 Å². The van der Waals surface area contributed by atoms with Crippen LogP contribution in [0.25, 0.3) is 11.3 Å². The number of amides is 1. The second kappa shape index (κ2) is 9.65. The standard InChI is InChI=1S/C26H32N8O/c35-22-16-27-24-23(31-22)26(29-18-28-24)33-12-8-20(9-13-33)25-30-21(19-6-2-1-3-7-19)17-34(25)15-14-32-10-4-5-11-32/h1-3,6-7,17-18,20H,4-5,8-16H2,(H,31,35)(H,27,28,29). The molecule has 35 heavy (non-hydrogen) atoms. The Labute approximate surface area is 205 Å². The summed E-state index contributed by atoms with van der Waals surface area (Å²) in [4.78, 5) is 30.7. The molecule has 9 heteroatoms. The summed E-state index contributed by atoms with van der Waals surface area (Å²) in [6, 6.07) is 10.5. The van der Waals surface area contributed by atoms with E-state index in [0.717, 1.165) is 50.5 Å². The lowest BCUT2D eigenvalue weighted by Gasteiger charge is -2.34. The minimum Gasteiger partial charge on any atom is -0.359 e. The Balaban J connectivity index is 1.21. The molecule has 5 heterocycles. The van der Waals surface area contributed by atoms with Crippen molar-refractivity contribution < 1.29 is 4.79 Å². The largest absolute Gasteiger partial charge is 0.359 e. The molecular weight excluding hydrogens is 440 g/mol. The van der Waals surface area contributed by atoms with Gasteiger partial charge in [-0.15, -0.1) is 0 Å². The minimum atomic E-state index is -0.0584. The number of carbonyl (C=O) groups excluding carboxylic acids is 1. The normalized spacial score (nSPS) is 18.9. The summed E-state index contributed by atoms with van der Waals surface area (Å²) in [5, 5.41) is 6.04. The molecule has 0 bridgehead atoms. The number of nitrogens with one attached hydrogen (secondary N) is 2. The fourth-order valence-corrected chi connectivity index (χ4v) is 5.50. The third-order valence-electron chi connectivity index (χ3n) is 7.40. The molecule has 0 aliphatic carbocycles. The van der Waals surface area contributed by atoms with Crippen LogP contribution in [0.1, 0.15) is 37.4 Å². The van der Waals surface area contributed by atoms with Gasteiger partial charge >= 0.3 is 0 Å². The Morgan fingerprint density at radius 2 is 1.77 bits per heavy atom. The maximum atomic E-state index is 11.9. The van der Waals surface area contributed by atoms with Crippen LogP contribution < -0.4 is 15.5 Å². The average molecular weight is 473 g/mol. The van der Waals surface area contributed by atoms with Gasteiger partial charge in [-0.25, -0.2) is 15.0 Å². The van der Waals surface area contributed by atoms with Crippen molar-refractivity contribution in [3.63, 3.8) is 0 Å². The predicted octanol–water partition coefficient (Wildman–Crippen LogP) is 3.18. The second-order valence-corrected chi connectivity index (χ2v) is 9.68. The van der Waals surface area contributed by atoms with Crippen LogP contribution in [-0.2, 0) is 11.3 Å². The lowest BCUT2D eigenvalue weighted by Crippen LogP contribution is -2.37. The van der Waals surface area contributed by atoms with Crippen LogP contribution in [0.5, 0.6) is 0 Å². The van der Waals surface area contributed by atoms with Crippen molar-refractivity contribution in [1.29, 1.82) is 0 Å². The molecule has 0 saturated carbocycles. The van der Waals surface area contributed by atoms with E-state index in [4.69, 9.17) is 4.98 Å². The first kappa shape index (κ1) is 22.0. The first-order valence-corrected chi connectivity index (χ1v) is 12.7. The molecule has 3 aliphatic heterocycles. The SMILES string of the molecule is O=C1CNc2ncnc(N3CCC(c4nc(-c5ccccc5)cn4CCN4CCCC4)CC3)c2N1. The van der Waals surface area contributed by atoms with Gasteiger partial charge < -0.3 is 25.0 Å². The molecular formula is C26H32N8O. The molecule has 2 fully saturated rings. The molecule has 1 amide bonds. The maximum Gasteiger partial charge on any atom is 0.243 e. The lowest BCUT2D eigenvalue weighted by atomic mass is 9.95. The number of hydrogen-bond acceptors (Lipinski definition) is 7. The molecule has 0 radical (unpaired) electrons. The highest BCUT2D eigenvalue weighted by molar-refractivity contribution is 6.02. The van der Waals surface area contributed by atoms with Gasteiger partial charge in [-0.3, -0.25) is 4.79 Å². The van der Waals surface area contributed by atoms with Gasteiger partial charge in [0, 0.05) is 43.9 Å². The van der Waals surface area contributed by atoms with Gasteiger partial charge in [0.05, 0.1) is 12.2 Å². The molecule has 1 aromatic carbocycles. The van der Waals surface area contributed by atoms with Crippen LogP contribution in [0.4, 0.5) is 17.3 Å². The second-order valence-electron chi connectivity index (χ2n) is 9.68. The van der Waals surface area contributed by atoms with Gasteiger partial charge in [-0.05, 0) is 38.8 Å². The van der Waals surface area contributed by atoms with Crippen molar-refractivity contribution in [2.75, 3.05) is 54.8 Å². The molecule has 3 aliphatic rings. The Kier molecular flexibility index (Phi) is 6.08. The van der Waals surface area contributed by atoms with E-state index in [9.17, 15) is 4.79 Å². The summed E-state index contributed by atoms with van der Waals surface area (Å²) in [6.45, 7) is 6.45.